The zero-order valence-corrected chi connectivity index (χ0v) is 15.8. The molecule has 0 saturated carbocycles. The van der Waals surface area contributed by atoms with E-state index in [1.54, 1.807) is 12.1 Å². The van der Waals surface area contributed by atoms with E-state index in [1.165, 1.54) is 12.1 Å². The van der Waals surface area contributed by atoms with E-state index < -0.39 is 22.5 Å². The summed E-state index contributed by atoms with van der Waals surface area (Å²) in [6, 6.07) is 13.5. The van der Waals surface area contributed by atoms with Crippen molar-refractivity contribution in [2.24, 2.45) is 0 Å². The van der Waals surface area contributed by atoms with Crippen molar-refractivity contribution in [3.63, 3.8) is 0 Å². The van der Waals surface area contributed by atoms with Crippen molar-refractivity contribution in [2.45, 2.75) is 11.5 Å². The molecule has 0 aliphatic carbocycles. The lowest BCUT2D eigenvalue weighted by Gasteiger charge is -2.08. The summed E-state index contributed by atoms with van der Waals surface area (Å²) in [7, 11) is -3.76. The van der Waals surface area contributed by atoms with Crippen molar-refractivity contribution in [1.29, 1.82) is 0 Å². The number of nitrogens with one attached hydrogen (secondary N) is 1. The Morgan fingerprint density at radius 3 is 2.35 bits per heavy atom. The number of esters is 1. The van der Waals surface area contributed by atoms with Gasteiger partial charge >= 0.3 is 5.97 Å². The number of carbonyl (C=O) groups is 1. The molecular formula is C15H13Br2NO4S. The summed E-state index contributed by atoms with van der Waals surface area (Å²) in [6.07, 6.45) is 0. The maximum atomic E-state index is 12.1. The van der Waals surface area contributed by atoms with Crippen LogP contribution in [0.2, 0.25) is 0 Å². The van der Waals surface area contributed by atoms with E-state index in [2.05, 4.69) is 36.6 Å². The fourth-order valence-electron chi connectivity index (χ4n) is 1.71. The molecule has 0 aromatic heterocycles. The van der Waals surface area contributed by atoms with Crippen molar-refractivity contribution >= 4 is 47.9 Å². The van der Waals surface area contributed by atoms with E-state index in [9.17, 15) is 13.2 Å². The van der Waals surface area contributed by atoms with Crippen LogP contribution in [0.25, 0.3) is 0 Å². The van der Waals surface area contributed by atoms with Gasteiger partial charge in [-0.2, -0.15) is 4.72 Å². The van der Waals surface area contributed by atoms with E-state index in [0.29, 0.717) is 4.47 Å². The van der Waals surface area contributed by atoms with Crippen LogP contribution in [0.15, 0.2) is 62.4 Å². The molecule has 1 N–H and O–H groups in total. The molecule has 0 fully saturated rings. The smallest absolute Gasteiger partial charge is 0.321 e. The minimum Gasteiger partial charge on any atom is -0.460 e. The Bertz CT molecular complexity index is 809. The van der Waals surface area contributed by atoms with Crippen LogP contribution in [0.3, 0.4) is 0 Å². The molecule has 0 aliphatic heterocycles. The van der Waals surface area contributed by atoms with E-state index in [1.807, 2.05) is 24.3 Å². The van der Waals surface area contributed by atoms with Gasteiger partial charge in [0.2, 0.25) is 10.0 Å². The van der Waals surface area contributed by atoms with Gasteiger partial charge in [0.05, 0.1) is 4.90 Å². The van der Waals surface area contributed by atoms with Crippen molar-refractivity contribution in [2.75, 3.05) is 6.54 Å². The first-order valence-electron chi connectivity index (χ1n) is 6.52. The average Bonchev–Trinajstić information content (AvgIpc) is 2.51. The first-order valence-corrected chi connectivity index (χ1v) is 9.59. The van der Waals surface area contributed by atoms with Gasteiger partial charge in [0.25, 0.3) is 0 Å². The predicted octanol–water partition coefficient (Wildman–Crippen LogP) is 3.23. The highest BCUT2D eigenvalue weighted by atomic mass is 79.9. The molecule has 0 saturated heterocycles. The molecule has 0 aliphatic rings. The highest BCUT2D eigenvalue weighted by Gasteiger charge is 2.16. The van der Waals surface area contributed by atoms with Gasteiger partial charge in [0, 0.05) is 8.95 Å². The Morgan fingerprint density at radius 1 is 1.04 bits per heavy atom. The number of ether oxygens (including phenoxy) is 1. The molecule has 0 atom stereocenters. The van der Waals surface area contributed by atoms with Gasteiger partial charge < -0.3 is 4.74 Å². The number of hydrogen-bond acceptors (Lipinski definition) is 4. The Labute approximate surface area is 151 Å². The van der Waals surface area contributed by atoms with Crippen LogP contribution in [0.1, 0.15) is 5.56 Å². The number of halogens is 2. The monoisotopic (exact) mass is 461 g/mol. The van der Waals surface area contributed by atoms with E-state index in [4.69, 9.17) is 4.74 Å². The minimum atomic E-state index is -3.76. The lowest BCUT2D eigenvalue weighted by molar-refractivity contribution is -0.143. The summed E-state index contributed by atoms with van der Waals surface area (Å²) in [6.45, 7) is -0.347. The van der Waals surface area contributed by atoms with Gasteiger partial charge in [0.1, 0.15) is 13.2 Å². The lowest BCUT2D eigenvalue weighted by Crippen LogP contribution is -2.30. The van der Waals surface area contributed by atoms with E-state index in [0.717, 1.165) is 10.0 Å². The maximum absolute atomic E-state index is 12.1. The van der Waals surface area contributed by atoms with Crippen molar-refractivity contribution < 1.29 is 17.9 Å². The third-order valence-corrected chi connectivity index (χ3v) is 5.19. The third kappa shape index (κ3) is 5.72. The summed E-state index contributed by atoms with van der Waals surface area (Å²) in [5, 5.41) is 0. The summed E-state index contributed by atoms with van der Waals surface area (Å²) in [5.74, 6) is -0.649. The van der Waals surface area contributed by atoms with Gasteiger partial charge in [-0.1, -0.05) is 50.1 Å². The zero-order valence-electron chi connectivity index (χ0n) is 11.8. The van der Waals surface area contributed by atoms with Gasteiger partial charge in [-0.05, 0) is 35.9 Å². The Kier molecular flexibility index (Phi) is 6.34. The Hall–Kier alpha value is -1.22. The average molecular weight is 463 g/mol. The fourth-order valence-corrected chi connectivity index (χ4v) is 3.72. The molecule has 2 rings (SSSR count). The standard InChI is InChI=1S/C15H13Br2NO4S/c16-12-4-1-3-11(7-12)10-22-15(19)9-18-23(20,21)14-6-2-5-13(17)8-14/h1-8,18H,9-10H2. The molecule has 23 heavy (non-hydrogen) atoms. The molecule has 122 valence electrons. The largest absolute Gasteiger partial charge is 0.460 e. The highest BCUT2D eigenvalue weighted by molar-refractivity contribution is 9.10. The molecule has 0 spiro atoms. The minimum absolute atomic E-state index is 0.0756. The molecule has 0 radical (unpaired) electrons. The molecule has 5 nitrogen and oxygen atoms in total. The van der Waals surface area contributed by atoms with Crippen LogP contribution in [0, 0.1) is 0 Å². The molecule has 0 heterocycles. The van der Waals surface area contributed by atoms with Gasteiger partial charge in [-0.25, -0.2) is 8.42 Å². The van der Waals surface area contributed by atoms with E-state index in [-0.39, 0.29) is 11.5 Å². The first-order chi connectivity index (χ1) is 10.9. The van der Waals surface area contributed by atoms with Crippen LogP contribution < -0.4 is 4.72 Å². The summed E-state index contributed by atoms with van der Waals surface area (Å²) >= 11 is 6.53. The summed E-state index contributed by atoms with van der Waals surface area (Å²) in [5.41, 5.74) is 0.808. The molecule has 2 aromatic rings. The first kappa shape index (κ1) is 18.1. The SMILES string of the molecule is O=C(CNS(=O)(=O)c1cccc(Br)c1)OCc1cccc(Br)c1. The number of hydrogen-bond donors (Lipinski definition) is 1. The molecular weight excluding hydrogens is 450 g/mol. The van der Waals surface area contributed by atoms with E-state index >= 15 is 0 Å². The topological polar surface area (TPSA) is 72.5 Å². The summed E-state index contributed by atoms with van der Waals surface area (Å²) < 4.78 is 32.9. The molecule has 8 heteroatoms. The molecule has 0 amide bonds. The third-order valence-electron chi connectivity index (χ3n) is 2.80. The molecule has 0 unspecified atom stereocenters. The van der Waals surface area contributed by atoms with Crippen LogP contribution in [-0.2, 0) is 26.2 Å². The number of carbonyl (C=O) groups excluding carboxylic acids is 1. The number of rotatable bonds is 6. The van der Waals surface area contributed by atoms with Crippen LogP contribution in [0.4, 0.5) is 0 Å². The second kappa shape index (κ2) is 8.05. The van der Waals surface area contributed by atoms with Crippen LogP contribution in [0.5, 0.6) is 0 Å². The normalized spacial score (nSPS) is 11.2. The predicted molar refractivity (Wildman–Crippen MR) is 93.3 cm³/mol. The number of benzene rings is 2. The highest BCUT2D eigenvalue weighted by Crippen LogP contribution is 2.16. The van der Waals surface area contributed by atoms with Gasteiger partial charge in [0.15, 0.2) is 0 Å². The van der Waals surface area contributed by atoms with Crippen molar-refractivity contribution in [3.8, 4) is 0 Å². The Morgan fingerprint density at radius 2 is 1.70 bits per heavy atom. The molecule has 0 bridgehead atoms. The van der Waals surface area contributed by atoms with Gasteiger partial charge in [-0.3, -0.25) is 4.79 Å². The fraction of sp³-hybridized carbons (Fsp3) is 0.133. The second-order valence-corrected chi connectivity index (χ2v) is 8.17. The number of sulfonamides is 1. The maximum Gasteiger partial charge on any atom is 0.321 e. The lowest BCUT2D eigenvalue weighted by atomic mass is 10.2. The zero-order chi connectivity index (χ0) is 16.9. The summed E-state index contributed by atoms with van der Waals surface area (Å²) in [4.78, 5) is 11.8. The van der Waals surface area contributed by atoms with Crippen molar-refractivity contribution in [1.82, 2.24) is 4.72 Å². The Balaban J connectivity index is 1.88. The quantitative estimate of drug-likeness (QED) is 0.669. The van der Waals surface area contributed by atoms with Crippen molar-refractivity contribution in [3.05, 3.63) is 63.0 Å². The second-order valence-electron chi connectivity index (χ2n) is 4.57. The molecule has 2 aromatic carbocycles. The van der Waals surface area contributed by atoms with Crippen LogP contribution in [-0.4, -0.2) is 20.9 Å². The van der Waals surface area contributed by atoms with Crippen LogP contribution >= 0.6 is 31.9 Å². The van der Waals surface area contributed by atoms with Gasteiger partial charge in [-0.15, -0.1) is 0 Å².